The summed E-state index contributed by atoms with van der Waals surface area (Å²) in [5.41, 5.74) is 11.4. The van der Waals surface area contributed by atoms with E-state index < -0.39 is 20.9 Å². The van der Waals surface area contributed by atoms with E-state index in [0.29, 0.717) is 58.6 Å². The van der Waals surface area contributed by atoms with E-state index in [4.69, 9.17) is 39.0 Å². The fourth-order valence-electron chi connectivity index (χ4n) is 3.24. The van der Waals surface area contributed by atoms with Crippen LogP contribution in [0.5, 0.6) is 0 Å². The molecule has 0 saturated heterocycles. The Hall–Kier alpha value is -0.103. The third-order valence-electron chi connectivity index (χ3n) is 4.34. The molecule has 0 aliphatic rings. The maximum atomic E-state index is 6.67. The molecule has 1 atom stereocenters. The Morgan fingerprint density at radius 1 is 0.690 bits per heavy atom. The van der Waals surface area contributed by atoms with Gasteiger partial charge in [-0.25, -0.2) is 0 Å². The quantitative estimate of drug-likeness (QED) is 0.160. The number of nitrogens with two attached hydrogens (primary N) is 2. The van der Waals surface area contributed by atoms with E-state index in [0.717, 1.165) is 25.7 Å². The molecule has 0 aromatic carbocycles. The highest BCUT2D eigenvalue weighted by Crippen LogP contribution is 2.32. The highest BCUT2D eigenvalue weighted by Gasteiger charge is 2.51. The topological polar surface area (TPSA) is 107 Å². The molecule has 8 nitrogen and oxygen atoms in total. The standard InChI is InChI=1S/C20H46N2O6Si/c1-6-23-20(24-7-2,25-8-3)19(15-11-12-16-21)28-29(26-9-4,27-10-5)18-14-13-17-22/h19H,6-18,21-22H2,1-5H3. The van der Waals surface area contributed by atoms with Gasteiger partial charge in [0, 0.05) is 39.1 Å². The lowest BCUT2D eigenvalue weighted by molar-refractivity contribution is -0.410. The van der Waals surface area contributed by atoms with Gasteiger partial charge in [0.1, 0.15) is 6.10 Å². The average molecular weight is 439 g/mol. The summed E-state index contributed by atoms with van der Waals surface area (Å²) in [5, 5.41) is 0. The van der Waals surface area contributed by atoms with Crippen LogP contribution in [0, 0.1) is 0 Å². The molecule has 0 aliphatic carbocycles. The monoisotopic (exact) mass is 438 g/mol. The second-order valence-electron chi connectivity index (χ2n) is 6.59. The Labute approximate surface area is 179 Å². The van der Waals surface area contributed by atoms with Crippen molar-refractivity contribution in [3.05, 3.63) is 0 Å². The van der Waals surface area contributed by atoms with E-state index in [2.05, 4.69) is 0 Å². The smallest absolute Gasteiger partial charge is 0.374 e. The first kappa shape index (κ1) is 28.9. The van der Waals surface area contributed by atoms with Crippen molar-refractivity contribution in [2.24, 2.45) is 11.5 Å². The molecule has 4 N–H and O–H groups in total. The lowest BCUT2D eigenvalue weighted by Gasteiger charge is -2.42. The lowest BCUT2D eigenvalue weighted by atomic mass is 10.1. The number of unbranched alkanes of at least 4 members (excludes halogenated alkanes) is 2. The van der Waals surface area contributed by atoms with Crippen molar-refractivity contribution >= 4 is 8.80 Å². The summed E-state index contributed by atoms with van der Waals surface area (Å²) < 4.78 is 37.0. The van der Waals surface area contributed by atoms with Crippen LogP contribution in [-0.4, -0.2) is 67.0 Å². The van der Waals surface area contributed by atoms with Gasteiger partial charge in [-0.1, -0.05) is 0 Å². The van der Waals surface area contributed by atoms with Crippen LogP contribution in [0.4, 0.5) is 0 Å². The third kappa shape index (κ3) is 10.7. The molecule has 0 aromatic rings. The van der Waals surface area contributed by atoms with E-state index in [1.54, 1.807) is 0 Å². The predicted molar refractivity (Wildman–Crippen MR) is 117 cm³/mol. The molecular weight excluding hydrogens is 392 g/mol. The van der Waals surface area contributed by atoms with Crippen LogP contribution in [0.15, 0.2) is 0 Å². The van der Waals surface area contributed by atoms with Gasteiger partial charge in [0.2, 0.25) is 0 Å². The second kappa shape index (κ2) is 17.6. The van der Waals surface area contributed by atoms with Crippen molar-refractivity contribution in [1.29, 1.82) is 0 Å². The summed E-state index contributed by atoms with van der Waals surface area (Å²) in [6.07, 6.45) is 3.69. The molecule has 0 amide bonds. The summed E-state index contributed by atoms with van der Waals surface area (Å²) in [7, 11) is -2.98. The zero-order valence-corrected chi connectivity index (χ0v) is 20.4. The molecule has 0 fully saturated rings. The zero-order chi connectivity index (χ0) is 22.0. The van der Waals surface area contributed by atoms with Crippen molar-refractivity contribution in [3.63, 3.8) is 0 Å². The molecule has 0 spiro atoms. The SMILES string of the molecule is CCOC(OCC)(OCC)C(CCCCN)O[Si](CCCCN)(OCC)OCC. The van der Waals surface area contributed by atoms with Crippen LogP contribution >= 0.6 is 0 Å². The molecule has 0 rings (SSSR count). The Morgan fingerprint density at radius 3 is 1.59 bits per heavy atom. The molecule has 9 heteroatoms. The van der Waals surface area contributed by atoms with Gasteiger partial charge in [0.15, 0.2) is 0 Å². The van der Waals surface area contributed by atoms with E-state index in [1.165, 1.54) is 0 Å². The normalized spacial score (nSPS) is 13.8. The van der Waals surface area contributed by atoms with Crippen molar-refractivity contribution in [1.82, 2.24) is 0 Å². The van der Waals surface area contributed by atoms with Gasteiger partial charge in [-0.2, -0.15) is 0 Å². The molecule has 0 heterocycles. The maximum absolute atomic E-state index is 6.67. The molecule has 1 unspecified atom stereocenters. The fourth-order valence-corrected chi connectivity index (χ4v) is 6.13. The first-order valence-corrected chi connectivity index (χ1v) is 13.2. The third-order valence-corrected chi connectivity index (χ3v) is 7.41. The molecule has 0 aliphatic heterocycles. The van der Waals surface area contributed by atoms with Crippen LogP contribution in [0.25, 0.3) is 0 Å². The largest absolute Gasteiger partial charge is 0.501 e. The van der Waals surface area contributed by atoms with Gasteiger partial charge in [-0.15, -0.1) is 0 Å². The fraction of sp³-hybridized carbons (Fsp3) is 1.00. The minimum Gasteiger partial charge on any atom is -0.374 e. The van der Waals surface area contributed by atoms with Gasteiger partial charge >= 0.3 is 14.8 Å². The van der Waals surface area contributed by atoms with Crippen molar-refractivity contribution < 1.29 is 27.5 Å². The van der Waals surface area contributed by atoms with Crippen LogP contribution in [0.2, 0.25) is 6.04 Å². The summed E-state index contributed by atoms with van der Waals surface area (Å²) in [4.78, 5) is 0. The average Bonchev–Trinajstić information content (AvgIpc) is 2.68. The highest BCUT2D eigenvalue weighted by molar-refractivity contribution is 6.60. The summed E-state index contributed by atoms with van der Waals surface area (Å²) in [6.45, 7) is 13.2. The molecular formula is C20H46N2O6Si. The van der Waals surface area contributed by atoms with Gasteiger partial charge in [0.25, 0.3) is 0 Å². The zero-order valence-electron chi connectivity index (χ0n) is 19.4. The van der Waals surface area contributed by atoms with E-state index >= 15 is 0 Å². The lowest BCUT2D eigenvalue weighted by Crippen LogP contribution is -2.58. The molecule has 0 bridgehead atoms. The highest BCUT2D eigenvalue weighted by atomic mass is 28.4. The number of rotatable bonds is 21. The molecule has 176 valence electrons. The summed E-state index contributed by atoms with van der Waals surface area (Å²) in [6, 6.07) is 0.694. The molecule has 0 aromatic heterocycles. The summed E-state index contributed by atoms with van der Waals surface area (Å²) in [5.74, 6) is -1.30. The van der Waals surface area contributed by atoms with Gasteiger partial charge in [-0.3, -0.25) is 0 Å². The van der Waals surface area contributed by atoms with Gasteiger partial charge in [-0.05, 0) is 79.8 Å². The Kier molecular flexibility index (Phi) is 17.5. The summed E-state index contributed by atoms with van der Waals surface area (Å²) >= 11 is 0. The minimum absolute atomic E-state index is 0.432. The first-order chi connectivity index (χ1) is 14.0. The molecule has 29 heavy (non-hydrogen) atoms. The maximum Gasteiger partial charge on any atom is 0.501 e. The minimum atomic E-state index is -2.98. The number of ether oxygens (including phenoxy) is 3. The molecule has 0 radical (unpaired) electrons. The Morgan fingerprint density at radius 2 is 1.17 bits per heavy atom. The van der Waals surface area contributed by atoms with Crippen molar-refractivity contribution in [2.45, 2.75) is 84.8 Å². The predicted octanol–water partition coefficient (Wildman–Crippen LogP) is 3.01. The van der Waals surface area contributed by atoms with Crippen LogP contribution in [0.3, 0.4) is 0 Å². The van der Waals surface area contributed by atoms with Gasteiger partial charge in [0.05, 0.1) is 0 Å². The number of hydrogen-bond donors (Lipinski definition) is 2. The van der Waals surface area contributed by atoms with E-state index in [9.17, 15) is 0 Å². The van der Waals surface area contributed by atoms with Crippen LogP contribution < -0.4 is 11.5 Å². The van der Waals surface area contributed by atoms with E-state index in [1.807, 2.05) is 34.6 Å². The Balaban J connectivity index is 5.87. The number of hydrogen-bond acceptors (Lipinski definition) is 8. The Bertz CT molecular complexity index is 356. The van der Waals surface area contributed by atoms with Crippen LogP contribution in [0.1, 0.15) is 66.7 Å². The van der Waals surface area contributed by atoms with Gasteiger partial charge < -0.3 is 39.0 Å². The van der Waals surface area contributed by atoms with Crippen molar-refractivity contribution in [2.75, 3.05) is 46.1 Å². The first-order valence-electron chi connectivity index (χ1n) is 11.3. The van der Waals surface area contributed by atoms with E-state index in [-0.39, 0.29) is 0 Å². The van der Waals surface area contributed by atoms with Crippen LogP contribution in [-0.2, 0) is 27.5 Å². The molecule has 0 saturated carbocycles. The second-order valence-corrected chi connectivity index (χ2v) is 9.27. The van der Waals surface area contributed by atoms with Crippen molar-refractivity contribution in [3.8, 4) is 0 Å².